The highest BCUT2D eigenvalue weighted by atomic mass is 79.9. The molecule has 0 atom stereocenters. The monoisotopic (exact) mass is 364 g/mol. The number of aryl methyl sites for hydroxylation is 1. The third kappa shape index (κ3) is 3.20. The molecule has 0 radical (unpaired) electrons. The molecule has 1 N–H and O–H groups in total. The van der Waals surface area contributed by atoms with E-state index in [9.17, 15) is 0 Å². The maximum absolute atomic E-state index is 5.96. The third-order valence-electron chi connectivity index (χ3n) is 2.70. The van der Waals surface area contributed by atoms with Crippen LogP contribution in [0.1, 0.15) is 5.56 Å². The van der Waals surface area contributed by atoms with Crippen molar-refractivity contribution in [2.75, 3.05) is 5.32 Å². The maximum atomic E-state index is 5.96. The summed E-state index contributed by atoms with van der Waals surface area (Å²) < 4.78 is 2.57. The van der Waals surface area contributed by atoms with Gasteiger partial charge >= 0.3 is 0 Å². The number of rotatable bonds is 3. The Morgan fingerprint density at radius 3 is 2.86 bits per heavy atom. The van der Waals surface area contributed by atoms with Crippen molar-refractivity contribution in [3.63, 3.8) is 0 Å². The summed E-state index contributed by atoms with van der Waals surface area (Å²) in [5.74, 6) is 0.767. The van der Waals surface area contributed by atoms with Crippen LogP contribution in [-0.4, -0.2) is 24.5 Å². The summed E-state index contributed by atoms with van der Waals surface area (Å²) in [5, 5.41) is 3.24. The number of anilines is 2. The Kier molecular flexibility index (Phi) is 3.85. The van der Waals surface area contributed by atoms with E-state index in [0.717, 1.165) is 15.7 Å². The predicted molar refractivity (Wildman–Crippen MR) is 84.1 cm³/mol. The first-order chi connectivity index (χ1) is 10.1. The fourth-order valence-corrected chi connectivity index (χ4v) is 2.25. The van der Waals surface area contributed by atoms with Crippen LogP contribution in [0.15, 0.2) is 41.4 Å². The molecule has 0 amide bonds. The summed E-state index contributed by atoms with van der Waals surface area (Å²) in [6.07, 6.45) is 4.97. The van der Waals surface area contributed by atoms with Gasteiger partial charge in [0.1, 0.15) is 6.33 Å². The summed E-state index contributed by atoms with van der Waals surface area (Å²) in [4.78, 5) is 16.4. The van der Waals surface area contributed by atoms with Gasteiger partial charge < -0.3 is 5.32 Å². The molecule has 0 bridgehead atoms. The Balaban J connectivity index is 1.97. The van der Waals surface area contributed by atoms with E-state index in [2.05, 4.69) is 41.2 Å². The minimum absolute atomic E-state index is 0.111. The van der Waals surface area contributed by atoms with Gasteiger partial charge in [-0.1, -0.05) is 6.07 Å². The molecule has 21 heavy (non-hydrogen) atoms. The predicted octanol–water partition coefficient (Wildman–Crippen LogP) is 3.53. The van der Waals surface area contributed by atoms with Gasteiger partial charge in [-0.25, -0.2) is 4.98 Å². The van der Waals surface area contributed by atoms with E-state index in [0.29, 0.717) is 11.9 Å². The van der Waals surface area contributed by atoms with E-state index in [1.807, 2.05) is 25.1 Å². The first kappa shape index (κ1) is 14.0. The maximum Gasteiger partial charge on any atom is 0.241 e. The molecule has 0 unspecified atom stereocenters. The van der Waals surface area contributed by atoms with Crippen LogP contribution in [0, 0.1) is 6.92 Å². The van der Waals surface area contributed by atoms with Crippen LogP contribution in [0.5, 0.6) is 0 Å². The lowest BCUT2D eigenvalue weighted by Gasteiger charge is -2.09. The van der Waals surface area contributed by atoms with Crippen LogP contribution in [-0.2, 0) is 0 Å². The zero-order valence-electron chi connectivity index (χ0n) is 11.0. The Hall–Kier alpha value is -1.99. The molecule has 0 saturated heterocycles. The van der Waals surface area contributed by atoms with Gasteiger partial charge in [0.2, 0.25) is 17.2 Å². The first-order valence-corrected chi connectivity index (χ1v) is 7.22. The van der Waals surface area contributed by atoms with Crippen LogP contribution in [0.2, 0.25) is 5.28 Å². The molecule has 0 aliphatic carbocycles. The van der Waals surface area contributed by atoms with E-state index in [4.69, 9.17) is 11.6 Å². The first-order valence-electron chi connectivity index (χ1n) is 6.05. The number of hydrogen-bond donors (Lipinski definition) is 1. The van der Waals surface area contributed by atoms with Crippen LogP contribution in [0.4, 0.5) is 11.6 Å². The van der Waals surface area contributed by atoms with Gasteiger partial charge in [0.05, 0.1) is 5.69 Å². The second kappa shape index (κ2) is 5.79. The molecule has 0 aliphatic rings. The van der Waals surface area contributed by atoms with Crippen molar-refractivity contribution in [1.29, 1.82) is 0 Å². The number of halogens is 2. The van der Waals surface area contributed by atoms with E-state index < -0.39 is 0 Å². The Bertz CT molecular complexity index is 774. The smallest absolute Gasteiger partial charge is 0.241 e. The Morgan fingerprint density at radius 2 is 2.10 bits per heavy atom. The largest absolute Gasteiger partial charge is 0.323 e. The van der Waals surface area contributed by atoms with Gasteiger partial charge in [0.25, 0.3) is 0 Å². The van der Waals surface area contributed by atoms with Crippen LogP contribution in [0.3, 0.4) is 0 Å². The SMILES string of the molecule is Cc1ccc(Br)c(Nc2nc(Cl)nc(-n3ccnc3)n2)c1. The van der Waals surface area contributed by atoms with Crippen molar-refractivity contribution in [3.8, 4) is 5.95 Å². The fourth-order valence-electron chi connectivity index (χ4n) is 1.74. The molecule has 0 fully saturated rings. The molecule has 106 valence electrons. The van der Waals surface area contributed by atoms with Crippen molar-refractivity contribution < 1.29 is 0 Å². The number of hydrogen-bond acceptors (Lipinski definition) is 5. The highest BCUT2D eigenvalue weighted by molar-refractivity contribution is 9.10. The highest BCUT2D eigenvalue weighted by Gasteiger charge is 2.08. The minimum Gasteiger partial charge on any atom is -0.323 e. The second-order valence-electron chi connectivity index (χ2n) is 4.31. The molecule has 1 aromatic carbocycles. The molecular weight excluding hydrogens is 356 g/mol. The number of aromatic nitrogens is 5. The van der Waals surface area contributed by atoms with E-state index in [1.54, 1.807) is 23.3 Å². The zero-order chi connectivity index (χ0) is 14.8. The average Bonchev–Trinajstić information content (AvgIpc) is 2.96. The molecule has 3 aromatic rings. The molecule has 0 aliphatic heterocycles. The summed E-state index contributed by atoms with van der Waals surface area (Å²) in [7, 11) is 0. The van der Waals surface area contributed by atoms with Gasteiger partial charge in [0, 0.05) is 16.9 Å². The van der Waals surface area contributed by atoms with E-state index in [1.165, 1.54) is 0 Å². The van der Waals surface area contributed by atoms with Crippen molar-refractivity contribution >= 4 is 39.2 Å². The molecule has 2 aromatic heterocycles. The molecule has 0 saturated carbocycles. The standard InChI is InChI=1S/C13H10BrClN6/c1-8-2-3-9(14)10(6-8)17-12-18-11(15)19-13(20-12)21-5-4-16-7-21/h2-7H,1H3,(H,17,18,19,20). The number of benzene rings is 1. The summed E-state index contributed by atoms with van der Waals surface area (Å²) in [6.45, 7) is 2.01. The van der Waals surface area contributed by atoms with Crippen molar-refractivity contribution in [2.45, 2.75) is 6.92 Å². The number of nitrogens with one attached hydrogen (secondary N) is 1. The van der Waals surface area contributed by atoms with Gasteiger partial charge in [-0.15, -0.1) is 0 Å². The number of imidazole rings is 1. The van der Waals surface area contributed by atoms with Gasteiger partial charge in [0.15, 0.2) is 0 Å². The fraction of sp³-hybridized carbons (Fsp3) is 0.0769. The topological polar surface area (TPSA) is 68.5 Å². The van der Waals surface area contributed by atoms with Crippen molar-refractivity contribution in [1.82, 2.24) is 24.5 Å². The normalized spacial score (nSPS) is 10.6. The molecule has 3 rings (SSSR count). The molecule has 6 nitrogen and oxygen atoms in total. The highest BCUT2D eigenvalue weighted by Crippen LogP contribution is 2.26. The quantitative estimate of drug-likeness (QED) is 0.769. The summed E-state index contributed by atoms with van der Waals surface area (Å²) >= 11 is 9.44. The Labute approximate surface area is 134 Å². The zero-order valence-corrected chi connectivity index (χ0v) is 13.3. The Morgan fingerprint density at radius 1 is 1.24 bits per heavy atom. The summed E-state index contributed by atoms with van der Waals surface area (Å²) in [6, 6.07) is 5.95. The van der Waals surface area contributed by atoms with Gasteiger partial charge in [-0.3, -0.25) is 4.57 Å². The average molecular weight is 366 g/mol. The lowest BCUT2D eigenvalue weighted by Crippen LogP contribution is -2.05. The van der Waals surface area contributed by atoms with Crippen LogP contribution < -0.4 is 5.32 Å². The minimum atomic E-state index is 0.111. The van der Waals surface area contributed by atoms with E-state index in [-0.39, 0.29) is 5.28 Å². The van der Waals surface area contributed by atoms with Crippen LogP contribution in [0.25, 0.3) is 5.95 Å². The van der Waals surface area contributed by atoms with Gasteiger partial charge in [-0.2, -0.15) is 15.0 Å². The second-order valence-corrected chi connectivity index (χ2v) is 5.50. The lowest BCUT2D eigenvalue weighted by atomic mass is 10.2. The van der Waals surface area contributed by atoms with Crippen molar-refractivity contribution in [3.05, 3.63) is 52.2 Å². The lowest BCUT2D eigenvalue weighted by molar-refractivity contribution is 0.899. The molecule has 0 spiro atoms. The van der Waals surface area contributed by atoms with Gasteiger partial charge in [-0.05, 0) is 52.2 Å². The van der Waals surface area contributed by atoms with E-state index >= 15 is 0 Å². The summed E-state index contributed by atoms with van der Waals surface area (Å²) in [5.41, 5.74) is 1.98. The third-order valence-corrected chi connectivity index (χ3v) is 3.56. The van der Waals surface area contributed by atoms with Crippen LogP contribution >= 0.6 is 27.5 Å². The molecule has 2 heterocycles. The molecule has 8 heteroatoms. The number of nitrogens with zero attached hydrogens (tertiary/aromatic N) is 5. The van der Waals surface area contributed by atoms with Crippen molar-refractivity contribution in [2.24, 2.45) is 0 Å². The molecular formula is C13H10BrClN6.